The van der Waals surface area contributed by atoms with Gasteiger partial charge >= 0.3 is 0 Å². The molecule has 8 heteroatoms. The fraction of sp³-hybridized carbons (Fsp3) is 0.231. The molecule has 2 aromatic rings. The summed E-state index contributed by atoms with van der Waals surface area (Å²) in [4.78, 5) is 0.683. The molecular weight excluding hydrogens is 335 g/mol. The summed E-state index contributed by atoms with van der Waals surface area (Å²) in [5.74, 6) is -0.586. The van der Waals surface area contributed by atoms with E-state index in [9.17, 15) is 12.8 Å². The Hall–Kier alpha value is -0.990. The average molecular weight is 349 g/mol. The molecule has 0 aliphatic carbocycles. The van der Waals surface area contributed by atoms with Gasteiger partial charge in [-0.05, 0) is 36.8 Å². The molecule has 21 heavy (non-hydrogen) atoms. The molecule has 2 rings (SSSR count). The van der Waals surface area contributed by atoms with E-state index in [4.69, 9.17) is 17.3 Å². The number of benzene rings is 1. The fourth-order valence-corrected chi connectivity index (χ4v) is 4.22. The summed E-state index contributed by atoms with van der Waals surface area (Å²) in [6.45, 7) is 1.60. The summed E-state index contributed by atoms with van der Waals surface area (Å²) in [5, 5.41) is 0. The van der Waals surface area contributed by atoms with Crippen LogP contribution in [0.15, 0.2) is 29.2 Å². The molecule has 0 bridgehead atoms. The van der Waals surface area contributed by atoms with Gasteiger partial charge in [-0.3, -0.25) is 0 Å². The maximum absolute atomic E-state index is 13.8. The highest BCUT2D eigenvalue weighted by atomic mass is 35.5. The smallest absolute Gasteiger partial charge is 0.241 e. The SMILES string of the molecule is Cc1c(F)cc(CN)cc1S(=O)(=O)NCc1ccc(Cl)s1. The van der Waals surface area contributed by atoms with Crippen LogP contribution in [0, 0.1) is 12.7 Å². The number of rotatable bonds is 5. The van der Waals surface area contributed by atoms with Gasteiger partial charge in [0.25, 0.3) is 0 Å². The number of hydrogen-bond donors (Lipinski definition) is 2. The van der Waals surface area contributed by atoms with Crippen LogP contribution in [0.2, 0.25) is 4.34 Å². The molecule has 0 fully saturated rings. The van der Waals surface area contributed by atoms with Crippen molar-refractivity contribution in [3.8, 4) is 0 Å². The van der Waals surface area contributed by atoms with Crippen molar-refractivity contribution >= 4 is 33.0 Å². The van der Waals surface area contributed by atoms with E-state index in [2.05, 4.69) is 4.72 Å². The predicted molar refractivity (Wildman–Crippen MR) is 82.4 cm³/mol. The average Bonchev–Trinajstić information content (AvgIpc) is 2.85. The van der Waals surface area contributed by atoms with Crippen molar-refractivity contribution in [1.82, 2.24) is 4.72 Å². The summed E-state index contributed by atoms with van der Waals surface area (Å²) in [5.41, 5.74) is 5.96. The third-order valence-electron chi connectivity index (χ3n) is 2.95. The Morgan fingerprint density at radius 3 is 2.67 bits per heavy atom. The molecule has 0 unspecified atom stereocenters. The van der Waals surface area contributed by atoms with Crippen LogP contribution in [0.3, 0.4) is 0 Å². The van der Waals surface area contributed by atoms with Gasteiger partial charge < -0.3 is 5.73 Å². The lowest BCUT2D eigenvalue weighted by Gasteiger charge is -2.11. The zero-order valence-electron chi connectivity index (χ0n) is 11.2. The Balaban J connectivity index is 2.29. The number of halogens is 2. The molecule has 0 spiro atoms. The second-order valence-corrected chi connectivity index (χ2v) is 7.97. The van der Waals surface area contributed by atoms with Gasteiger partial charge in [-0.25, -0.2) is 17.5 Å². The third kappa shape index (κ3) is 3.81. The zero-order chi connectivity index (χ0) is 15.6. The van der Waals surface area contributed by atoms with Gasteiger partial charge in [-0.1, -0.05) is 11.6 Å². The molecule has 0 aliphatic heterocycles. The fourth-order valence-electron chi connectivity index (χ4n) is 1.79. The minimum atomic E-state index is -3.82. The second-order valence-electron chi connectivity index (χ2n) is 4.44. The maximum atomic E-state index is 13.8. The molecule has 3 N–H and O–H groups in total. The van der Waals surface area contributed by atoms with Crippen molar-refractivity contribution in [3.05, 3.63) is 50.4 Å². The highest BCUT2D eigenvalue weighted by Crippen LogP contribution is 2.23. The molecule has 0 radical (unpaired) electrons. The molecule has 1 heterocycles. The Morgan fingerprint density at radius 2 is 2.10 bits per heavy atom. The summed E-state index contributed by atoms with van der Waals surface area (Å²) >= 11 is 7.07. The van der Waals surface area contributed by atoms with Crippen LogP contribution < -0.4 is 10.5 Å². The summed E-state index contributed by atoms with van der Waals surface area (Å²) in [6.07, 6.45) is 0. The highest BCUT2D eigenvalue weighted by molar-refractivity contribution is 7.89. The number of nitrogens with two attached hydrogens (primary N) is 1. The number of hydrogen-bond acceptors (Lipinski definition) is 4. The van der Waals surface area contributed by atoms with E-state index in [1.54, 1.807) is 12.1 Å². The van der Waals surface area contributed by atoms with E-state index < -0.39 is 15.8 Å². The predicted octanol–water partition coefficient (Wildman–Crippen LogP) is 2.79. The van der Waals surface area contributed by atoms with Crippen molar-refractivity contribution in [2.75, 3.05) is 0 Å². The monoisotopic (exact) mass is 348 g/mol. The minimum absolute atomic E-state index is 0.0697. The van der Waals surface area contributed by atoms with Crippen LogP contribution in [0.4, 0.5) is 4.39 Å². The molecular formula is C13H14ClFN2O2S2. The largest absolute Gasteiger partial charge is 0.326 e. The van der Waals surface area contributed by atoms with Crippen molar-refractivity contribution in [1.29, 1.82) is 0 Å². The van der Waals surface area contributed by atoms with Crippen LogP contribution in [0.5, 0.6) is 0 Å². The summed E-state index contributed by atoms with van der Waals surface area (Å²) in [7, 11) is -3.82. The van der Waals surface area contributed by atoms with Gasteiger partial charge in [0, 0.05) is 23.5 Å². The van der Waals surface area contributed by atoms with Gasteiger partial charge in [0.05, 0.1) is 9.23 Å². The first-order chi connectivity index (χ1) is 9.83. The number of thiophene rings is 1. The number of nitrogens with one attached hydrogen (secondary N) is 1. The van der Waals surface area contributed by atoms with E-state index in [-0.39, 0.29) is 23.5 Å². The number of sulfonamides is 1. The Bertz CT molecular complexity index is 760. The van der Waals surface area contributed by atoms with Crippen LogP contribution in [-0.4, -0.2) is 8.42 Å². The molecule has 4 nitrogen and oxygen atoms in total. The minimum Gasteiger partial charge on any atom is -0.326 e. The normalized spacial score (nSPS) is 11.8. The van der Waals surface area contributed by atoms with Crippen LogP contribution in [-0.2, 0) is 23.1 Å². The van der Waals surface area contributed by atoms with Gasteiger partial charge in [0.15, 0.2) is 0 Å². The summed E-state index contributed by atoms with van der Waals surface area (Å²) < 4.78 is 41.4. The van der Waals surface area contributed by atoms with Gasteiger partial charge in [-0.2, -0.15) is 0 Å². The molecule has 0 atom stereocenters. The molecule has 1 aromatic heterocycles. The van der Waals surface area contributed by atoms with E-state index in [1.807, 2.05) is 0 Å². The first-order valence-corrected chi connectivity index (χ1v) is 8.74. The zero-order valence-corrected chi connectivity index (χ0v) is 13.6. The lowest BCUT2D eigenvalue weighted by molar-refractivity contribution is 0.574. The standard InChI is InChI=1S/C13H14ClFN2O2S2/c1-8-11(15)4-9(6-16)5-12(8)21(18,19)17-7-10-2-3-13(14)20-10/h2-5,17H,6-7,16H2,1H3. The van der Waals surface area contributed by atoms with Crippen molar-refractivity contribution < 1.29 is 12.8 Å². The first kappa shape index (κ1) is 16.4. The third-order valence-corrected chi connectivity index (χ3v) is 5.71. The molecule has 114 valence electrons. The van der Waals surface area contributed by atoms with Gasteiger partial charge in [0.2, 0.25) is 10.0 Å². The highest BCUT2D eigenvalue weighted by Gasteiger charge is 2.20. The molecule has 0 aliphatic rings. The van der Waals surface area contributed by atoms with Crippen molar-refractivity contribution in [3.63, 3.8) is 0 Å². The Kier molecular flexibility index (Phi) is 5.00. The lowest BCUT2D eigenvalue weighted by Crippen LogP contribution is -2.24. The van der Waals surface area contributed by atoms with Crippen LogP contribution in [0.1, 0.15) is 16.0 Å². The van der Waals surface area contributed by atoms with E-state index >= 15 is 0 Å². The van der Waals surface area contributed by atoms with Crippen molar-refractivity contribution in [2.45, 2.75) is 24.9 Å². The second kappa shape index (κ2) is 6.41. The maximum Gasteiger partial charge on any atom is 0.241 e. The Labute approximate surface area is 131 Å². The summed E-state index contributed by atoms with van der Waals surface area (Å²) in [6, 6.07) is 6.06. The van der Waals surface area contributed by atoms with E-state index in [0.29, 0.717) is 9.90 Å². The van der Waals surface area contributed by atoms with Crippen LogP contribution in [0.25, 0.3) is 0 Å². The molecule has 0 amide bonds. The Morgan fingerprint density at radius 1 is 1.38 bits per heavy atom. The molecule has 0 saturated carbocycles. The molecule has 1 aromatic carbocycles. The molecule has 0 saturated heterocycles. The van der Waals surface area contributed by atoms with Crippen molar-refractivity contribution in [2.24, 2.45) is 5.73 Å². The van der Waals surface area contributed by atoms with E-state index in [0.717, 1.165) is 4.88 Å². The topological polar surface area (TPSA) is 72.2 Å². The van der Waals surface area contributed by atoms with Gasteiger partial charge in [-0.15, -0.1) is 11.3 Å². The first-order valence-electron chi connectivity index (χ1n) is 6.06. The lowest BCUT2D eigenvalue weighted by atomic mass is 10.1. The van der Waals surface area contributed by atoms with E-state index in [1.165, 1.54) is 30.4 Å². The quantitative estimate of drug-likeness (QED) is 0.872. The van der Waals surface area contributed by atoms with Gasteiger partial charge in [0.1, 0.15) is 5.82 Å². The van der Waals surface area contributed by atoms with Crippen LogP contribution >= 0.6 is 22.9 Å².